The first kappa shape index (κ1) is 25.1. The van der Waals surface area contributed by atoms with Gasteiger partial charge in [-0.05, 0) is 25.5 Å². The van der Waals surface area contributed by atoms with Crippen molar-refractivity contribution in [2.45, 2.75) is 32.6 Å². The number of morpholine rings is 1. The first-order valence-corrected chi connectivity index (χ1v) is 8.53. The number of carbonyl (C=O) groups is 1. The summed E-state index contributed by atoms with van der Waals surface area (Å²) >= 11 is 0. The van der Waals surface area contributed by atoms with E-state index in [-0.39, 0.29) is 49.5 Å². The predicted molar refractivity (Wildman–Crippen MR) is 110 cm³/mol. The molecule has 1 fully saturated rings. The quantitative estimate of drug-likeness (QED) is 0.647. The van der Waals surface area contributed by atoms with Crippen molar-refractivity contribution in [2.24, 2.45) is 0 Å². The molecule has 0 aromatic heterocycles. The number of benzene rings is 1. The summed E-state index contributed by atoms with van der Waals surface area (Å²) in [6, 6.07) is 7.98. The van der Waals surface area contributed by atoms with E-state index in [9.17, 15) is 4.79 Å². The van der Waals surface area contributed by atoms with Crippen molar-refractivity contribution in [3.63, 3.8) is 0 Å². The Morgan fingerprint density at radius 3 is 2.54 bits per heavy atom. The number of anilines is 1. The van der Waals surface area contributed by atoms with Crippen molar-refractivity contribution in [1.82, 2.24) is 10.2 Å². The monoisotopic (exact) mass is 407 g/mol. The Morgan fingerprint density at radius 2 is 1.88 bits per heavy atom. The van der Waals surface area contributed by atoms with Crippen molar-refractivity contribution >= 4 is 36.4 Å². The molecule has 0 spiro atoms. The first-order chi connectivity index (χ1) is 11.6. The van der Waals surface area contributed by atoms with Crippen LogP contribution in [0.1, 0.15) is 19.4 Å². The van der Waals surface area contributed by atoms with E-state index in [4.69, 9.17) is 9.47 Å². The normalized spacial score (nSPS) is 20.0. The van der Waals surface area contributed by atoms with Crippen molar-refractivity contribution in [2.75, 3.05) is 45.2 Å². The molecule has 26 heavy (non-hydrogen) atoms. The molecule has 1 aromatic carbocycles. The summed E-state index contributed by atoms with van der Waals surface area (Å²) in [5, 5.41) is 6.05. The highest BCUT2D eigenvalue weighted by Crippen LogP contribution is 2.20. The van der Waals surface area contributed by atoms with Gasteiger partial charge in [0.05, 0.1) is 25.4 Å². The number of hydrogen-bond donors (Lipinski definition) is 2. The van der Waals surface area contributed by atoms with Gasteiger partial charge >= 0.3 is 0 Å². The van der Waals surface area contributed by atoms with Crippen LogP contribution < -0.4 is 10.6 Å². The molecule has 8 heteroatoms. The third-order valence-corrected chi connectivity index (χ3v) is 3.95. The van der Waals surface area contributed by atoms with Gasteiger partial charge in [0.2, 0.25) is 5.91 Å². The zero-order valence-electron chi connectivity index (χ0n) is 15.7. The molecule has 6 nitrogen and oxygen atoms in total. The summed E-state index contributed by atoms with van der Waals surface area (Å²) in [7, 11) is 1.64. The van der Waals surface area contributed by atoms with Gasteiger partial charge in [-0.1, -0.05) is 18.2 Å². The fraction of sp³-hybridized carbons (Fsp3) is 0.611. The zero-order valence-corrected chi connectivity index (χ0v) is 17.3. The number of methoxy groups -OCH3 is 1. The SMILES string of the molecule is COCCNCC(=O)Nc1ccccc1CN1CC(C)OC(C)C1.Cl.Cl. The van der Waals surface area contributed by atoms with Crippen LogP contribution in [0.25, 0.3) is 0 Å². The number of hydrogen-bond acceptors (Lipinski definition) is 5. The largest absolute Gasteiger partial charge is 0.383 e. The van der Waals surface area contributed by atoms with Crippen LogP contribution in [0.4, 0.5) is 5.69 Å². The second-order valence-electron chi connectivity index (χ2n) is 6.33. The number of carbonyl (C=O) groups excluding carboxylic acids is 1. The van der Waals surface area contributed by atoms with Gasteiger partial charge in [-0.15, -0.1) is 24.8 Å². The molecule has 2 unspecified atom stereocenters. The number of halogens is 2. The highest BCUT2D eigenvalue weighted by Gasteiger charge is 2.22. The van der Waals surface area contributed by atoms with E-state index in [1.807, 2.05) is 18.2 Å². The van der Waals surface area contributed by atoms with E-state index < -0.39 is 0 Å². The maximum atomic E-state index is 12.1. The highest BCUT2D eigenvalue weighted by atomic mass is 35.5. The Kier molecular flexibility index (Phi) is 12.8. The van der Waals surface area contributed by atoms with Gasteiger partial charge in [-0.25, -0.2) is 0 Å². The Morgan fingerprint density at radius 1 is 1.23 bits per heavy atom. The molecule has 0 saturated carbocycles. The lowest BCUT2D eigenvalue weighted by Gasteiger charge is -2.35. The first-order valence-electron chi connectivity index (χ1n) is 8.53. The maximum Gasteiger partial charge on any atom is 0.238 e. The Labute approximate surface area is 168 Å². The topological polar surface area (TPSA) is 62.8 Å². The van der Waals surface area contributed by atoms with E-state index in [0.717, 1.165) is 30.9 Å². The molecule has 1 amide bonds. The van der Waals surface area contributed by atoms with Crippen LogP contribution in [0.2, 0.25) is 0 Å². The van der Waals surface area contributed by atoms with Gasteiger partial charge < -0.3 is 20.1 Å². The third-order valence-electron chi connectivity index (χ3n) is 3.95. The summed E-state index contributed by atoms with van der Waals surface area (Å²) in [5.74, 6) is -0.0396. The van der Waals surface area contributed by atoms with Crippen molar-refractivity contribution < 1.29 is 14.3 Å². The molecular weight excluding hydrogens is 377 g/mol. The zero-order chi connectivity index (χ0) is 17.4. The average molecular weight is 408 g/mol. The van der Waals surface area contributed by atoms with Gasteiger partial charge in [0.15, 0.2) is 0 Å². The van der Waals surface area contributed by atoms with Crippen molar-refractivity contribution in [1.29, 1.82) is 0 Å². The number of amides is 1. The van der Waals surface area contributed by atoms with Crippen LogP contribution in [-0.4, -0.2) is 62.9 Å². The predicted octanol–water partition coefficient (Wildman–Crippen LogP) is 2.31. The fourth-order valence-corrected chi connectivity index (χ4v) is 3.01. The van der Waals surface area contributed by atoms with Crippen LogP contribution in [-0.2, 0) is 20.8 Å². The second-order valence-corrected chi connectivity index (χ2v) is 6.33. The van der Waals surface area contributed by atoms with Gasteiger partial charge in [-0.2, -0.15) is 0 Å². The smallest absolute Gasteiger partial charge is 0.238 e. The lowest BCUT2D eigenvalue weighted by molar-refractivity contribution is -0.115. The fourth-order valence-electron chi connectivity index (χ4n) is 3.01. The van der Waals surface area contributed by atoms with Gasteiger partial charge in [-0.3, -0.25) is 9.69 Å². The van der Waals surface area contributed by atoms with E-state index >= 15 is 0 Å². The number of rotatable bonds is 8. The van der Waals surface area contributed by atoms with E-state index in [1.54, 1.807) is 7.11 Å². The minimum absolute atomic E-state index is 0. The average Bonchev–Trinajstić information content (AvgIpc) is 2.52. The molecule has 2 N–H and O–H groups in total. The van der Waals surface area contributed by atoms with Gasteiger partial charge in [0.1, 0.15) is 0 Å². The summed E-state index contributed by atoms with van der Waals surface area (Å²) in [6.07, 6.45) is 0.473. The Bertz CT molecular complexity index is 524. The minimum atomic E-state index is -0.0396. The molecule has 1 aliphatic rings. The molecule has 0 aliphatic carbocycles. The molecule has 1 aliphatic heterocycles. The summed E-state index contributed by atoms with van der Waals surface area (Å²) in [4.78, 5) is 14.5. The van der Waals surface area contributed by atoms with Crippen LogP contribution in [0, 0.1) is 0 Å². The molecule has 1 saturated heterocycles. The second kappa shape index (κ2) is 13.3. The number of para-hydroxylation sites is 1. The lowest BCUT2D eigenvalue weighted by Crippen LogP contribution is -2.44. The van der Waals surface area contributed by atoms with E-state index in [1.165, 1.54) is 0 Å². The highest BCUT2D eigenvalue weighted by molar-refractivity contribution is 5.93. The van der Waals surface area contributed by atoms with Crippen LogP contribution in [0.5, 0.6) is 0 Å². The Balaban J connectivity index is 0.00000312. The molecule has 0 radical (unpaired) electrons. The van der Waals surface area contributed by atoms with Crippen molar-refractivity contribution in [3.8, 4) is 0 Å². The number of ether oxygens (including phenoxy) is 2. The van der Waals surface area contributed by atoms with Crippen LogP contribution in [0.3, 0.4) is 0 Å². The summed E-state index contributed by atoms with van der Waals surface area (Å²) < 4.78 is 10.7. The maximum absolute atomic E-state index is 12.1. The molecule has 2 rings (SSSR count). The molecule has 1 aromatic rings. The number of nitrogens with zero attached hydrogens (tertiary/aromatic N) is 1. The summed E-state index contributed by atoms with van der Waals surface area (Å²) in [6.45, 7) is 8.36. The molecular formula is C18H31Cl2N3O3. The number of nitrogens with one attached hydrogen (secondary N) is 2. The minimum Gasteiger partial charge on any atom is -0.383 e. The van der Waals surface area contributed by atoms with E-state index in [2.05, 4.69) is 35.4 Å². The Hall–Kier alpha value is -0.890. The molecule has 1 heterocycles. The van der Waals surface area contributed by atoms with Crippen LogP contribution in [0.15, 0.2) is 24.3 Å². The third kappa shape index (κ3) is 8.66. The molecule has 150 valence electrons. The van der Waals surface area contributed by atoms with Gasteiger partial charge in [0, 0.05) is 39.0 Å². The lowest BCUT2D eigenvalue weighted by atomic mass is 10.1. The molecule has 2 atom stereocenters. The summed E-state index contributed by atoms with van der Waals surface area (Å²) in [5.41, 5.74) is 2.01. The van der Waals surface area contributed by atoms with Crippen molar-refractivity contribution in [3.05, 3.63) is 29.8 Å². The molecule has 0 bridgehead atoms. The van der Waals surface area contributed by atoms with Gasteiger partial charge in [0.25, 0.3) is 0 Å². The standard InChI is InChI=1S/C18H29N3O3.2ClH/c1-14-11-21(12-15(2)24-14)13-16-6-4-5-7-17(16)20-18(22)10-19-8-9-23-3;;/h4-7,14-15,19H,8-13H2,1-3H3,(H,20,22);2*1H. The van der Waals surface area contributed by atoms with Crippen LogP contribution >= 0.6 is 24.8 Å². The van der Waals surface area contributed by atoms with E-state index in [0.29, 0.717) is 13.2 Å².